The number of nitrogens with one attached hydrogen (secondary N) is 2. The van der Waals surface area contributed by atoms with E-state index < -0.39 is 15.9 Å². The number of hydrogen-bond acceptors (Lipinski definition) is 8. The molecule has 2 N–H and O–H groups in total. The minimum Gasteiger partial charge on any atom is -0.377 e. The van der Waals surface area contributed by atoms with Gasteiger partial charge in [-0.15, -0.1) is 0 Å². The van der Waals surface area contributed by atoms with Crippen LogP contribution in [-0.2, 0) is 14.8 Å². The molecule has 1 saturated heterocycles. The molecule has 0 atom stereocenters. The van der Waals surface area contributed by atoms with Crippen LogP contribution in [0.25, 0.3) is 22.6 Å². The summed E-state index contributed by atoms with van der Waals surface area (Å²) in [4.78, 5) is 26.1. The fourth-order valence-electron chi connectivity index (χ4n) is 3.52. The molecule has 35 heavy (non-hydrogen) atoms. The van der Waals surface area contributed by atoms with E-state index in [1.54, 1.807) is 47.7 Å². The fraction of sp³-hybridized carbons (Fsp3) is 0.174. The Morgan fingerprint density at radius 2 is 1.91 bits per heavy atom. The summed E-state index contributed by atoms with van der Waals surface area (Å²) in [6.45, 7) is 1.09. The molecule has 0 spiro atoms. The maximum Gasteiger partial charge on any atom is 0.274 e. The Balaban J connectivity index is 1.50. The number of sulfonamides is 1. The molecule has 0 aliphatic carbocycles. The quantitative estimate of drug-likeness (QED) is 0.402. The number of rotatable bonds is 7. The molecule has 1 aliphatic heterocycles. The summed E-state index contributed by atoms with van der Waals surface area (Å²) in [5, 5.41) is 7.50. The molecule has 0 unspecified atom stereocenters. The van der Waals surface area contributed by atoms with Crippen LogP contribution in [0, 0.1) is 0 Å². The highest BCUT2D eigenvalue weighted by atomic mass is 32.2. The van der Waals surface area contributed by atoms with Gasteiger partial charge in [0.15, 0.2) is 0 Å². The van der Waals surface area contributed by atoms with Crippen molar-refractivity contribution in [2.75, 3.05) is 29.5 Å². The number of pyridine rings is 3. The SMILES string of the molecule is CS(=O)(=O)Nc1ccc(C(=O)Nc2cn(C3COC3)nc2-c2ccccn2)nc1-c1cccnc1. The molecule has 0 radical (unpaired) electrons. The van der Waals surface area contributed by atoms with Gasteiger partial charge in [0.2, 0.25) is 10.0 Å². The van der Waals surface area contributed by atoms with Crippen molar-refractivity contribution >= 4 is 27.3 Å². The summed E-state index contributed by atoms with van der Waals surface area (Å²) >= 11 is 0. The molecule has 1 aliphatic rings. The van der Waals surface area contributed by atoms with Crippen molar-refractivity contribution in [1.82, 2.24) is 24.7 Å². The molecule has 11 nitrogen and oxygen atoms in total. The Morgan fingerprint density at radius 1 is 1.06 bits per heavy atom. The van der Waals surface area contributed by atoms with Gasteiger partial charge < -0.3 is 10.1 Å². The van der Waals surface area contributed by atoms with Gasteiger partial charge in [-0.05, 0) is 36.4 Å². The first-order valence-corrected chi connectivity index (χ1v) is 12.6. The second-order valence-electron chi connectivity index (χ2n) is 7.94. The molecule has 178 valence electrons. The van der Waals surface area contributed by atoms with Crippen molar-refractivity contribution in [3.63, 3.8) is 0 Å². The van der Waals surface area contributed by atoms with Crippen LogP contribution < -0.4 is 10.0 Å². The van der Waals surface area contributed by atoms with Crippen molar-refractivity contribution in [3.05, 3.63) is 72.9 Å². The number of carbonyl (C=O) groups is 1. The molecule has 1 amide bonds. The van der Waals surface area contributed by atoms with Crippen LogP contribution in [0.5, 0.6) is 0 Å². The Bertz CT molecular complexity index is 1470. The molecule has 0 aromatic carbocycles. The lowest BCUT2D eigenvalue weighted by molar-refractivity contribution is -0.0285. The van der Waals surface area contributed by atoms with Crippen LogP contribution in [-0.4, -0.2) is 58.5 Å². The van der Waals surface area contributed by atoms with Crippen LogP contribution >= 0.6 is 0 Å². The number of anilines is 2. The third-order valence-corrected chi connectivity index (χ3v) is 5.83. The van der Waals surface area contributed by atoms with Crippen molar-refractivity contribution < 1.29 is 17.9 Å². The molecule has 4 aromatic heterocycles. The third kappa shape index (κ3) is 5.03. The average Bonchev–Trinajstić information content (AvgIpc) is 3.21. The molecule has 0 bridgehead atoms. The predicted molar refractivity (Wildman–Crippen MR) is 129 cm³/mol. The lowest BCUT2D eigenvalue weighted by atomic mass is 10.1. The highest BCUT2D eigenvalue weighted by Gasteiger charge is 2.25. The Morgan fingerprint density at radius 3 is 2.57 bits per heavy atom. The van der Waals surface area contributed by atoms with Crippen LogP contribution in [0.1, 0.15) is 16.5 Å². The van der Waals surface area contributed by atoms with Crippen LogP contribution in [0.2, 0.25) is 0 Å². The van der Waals surface area contributed by atoms with Crippen LogP contribution in [0.15, 0.2) is 67.3 Å². The van der Waals surface area contributed by atoms with Crippen LogP contribution in [0.4, 0.5) is 11.4 Å². The number of carbonyl (C=O) groups excluding carboxylic acids is 1. The van der Waals surface area contributed by atoms with E-state index in [2.05, 4.69) is 30.1 Å². The highest BCUT2D eigenvalue weighted by Crippen LogP contribution is 2.30. The fourth-order valence-corrected chi connectivity index (χ4v) is 4.08. The van der Waals surface area contributed by atoms with Gasteiger partial charge in [0.1, 0.15) is 11.4 Å². The molecule has 5 heterocycles. The minimum absolute atomic E-state index is 0.0831. The van der Waals surface area contributed by atoms with Gasteiger partial charge in [-0.3, -0.25) is 24.2 Å². The van der Waals surface area contributed by atoms with E-state index >= 15 is 0 Å². The Labute approximate surface area is 201 Å². The van der Waals surface area contributed by atoms with Gasteiger partial charge in [-0.1, -0.05) is 6.07 Å². The summed E-state index contributed by atoms with van der Waals surface area (Å²) in [6, 6.07) is 11.9. The zero-order valence-electron chi connectivity index (χ0n) is 18.6. The summed E-state index contributed by atoms with van der Waals surface area (Å²) in [6.07, 6.45) is 7.58. The van der Waals surface area contributed by atoms with E-state index in [9.17, 15) is 13.2 Å². The van der Waals surface area contributed by atoms with Crippen molar-refractivity contribution in [2.45, 2.75) is 6.04 Å². The minimum atomic E-state index is -3.57. The van der Waals surface area contributed by atoms with E-state index in [4.69, 9.17) is 4.74 Å². The average molecular weight is 492 g/mol. The second-order valence-corrected chi connectivity index (χ2v) is 9.69. The molecular formula is C23H21N7O4S. The van der Waals surface area contributed by atoms with Crippen molar-refractivity contribution in [3.8, 4) is 22.6 Å². The first-order chi connectivity index (χ1) is 16.9. The molecule has 0 saturated carbocycles. The number of aromatic nitrogens is 5. The van der Waals surface area contributed by atoms with E-state index in [0.717, 1.165) is 6.26 Å². The van der Waals surface area contributed by atoms with Gasteiger partial charge in [-0.25, -0.2) is 13.4 Å². The zero-order chi connectivity index (χ0) is 24.4. The molecular weight excluding hydrogens is 470 g/mol. The number of amides is 1. The smallest absolute Gasteiger partial charge is 0.274 e. The maximum atomic E-state index is 13.2. The first kappa shape index (κ1) is 22.6. The summed E-state index contributed by atoms with van der Waals surface area (Å²) in [5.74, 6) is -0.484. The van der Waals surface area contributed by atoms with E-state index in [-0.39, 0.29) is 23.1 Å². The van der Waals surface area contributed by atoms with Crippen LogP contribution in [0.3, 0.4) is 0 Å². The Hall–Kier alpha value is -4.16. The normalized spacial score (nSPS) is 13.7. The summed E-state index contributed by atoms with van der Waals surface area (Å²) in [5.41, 5.74) is 2.78. The van der Waals surface area contributed by atoms with E-state index in [1.807, 2.05) is 12.1 Å². The molecule has 1 fully saturated rings. The zero-order valence-corrected chi connectivity index (χ0v) is 19.4. The lowest BCUT2D eigenvalue weighted by Gasteiger charge is -2.25. The second kappa shape index (κ2) is 9.24. The van der Waals surface area contributed by atoms with Gasteiger partial charge in [0, 0.05) is 30.4 Å². The lowest BCUT2D eigenvalue weighted by Crippen LogP contribution is -2.30. The maximum absolute atomic E-state index is 13.2. The number of hydrogen-bond donors (Lipinski definition) is 2. The van der Waals surface area contributed by atoms with Crippen molar-refractivity contribution in [2.24, 2.45) is 0 Å². The van der Waals surface area contributed by atoms with Gasteiger partial charge in [-0.2, -0.15) is 5.10 Å². The first-order valence-electron chi connectivity index (χ1n) is 10.7. The summed E-state index contributed by atoms with van der Waals surface area (Å²) < 4.78 is 33.2. The van der Waals surface area contributed by atoms with Gasteiger partial charge >= 0.3 is 0 Å². The topological polar surface area (TPSA) is 141 Å². The van der Waals surface area contributed by atoms with Gasteiger partial charge in [0.25, 0.3) is 5.91 Å². The Kier molecular flexibility index (Phi) is 5.97. The number of nitrogens with zero attached hydrogens (tertiary/aromatic N) is 5. The summed E-state index contributed by atoms with van der Waals surface area (Å²) in [7, 11) is -3.57. The monoisotopic (exact) mass is 491 g/mol. The molecule has 5 rings (SSSR count). The van der Waals surface area contributed by atoms with Crippen molar-refractivity contribution in [1.29, 1.82) is 0 Å². The molecule has 4 aromatic rings. The largest absolute Gasteiger partial charge is 0.377 e. The highest BCUT2D eigenvalue weighted by molar-refractivity contribution is 7.92. The van der Waals surface area contributed by atoms with E-state index in [0.29, 0.717) is 35.9 Å². The van der Waals surface area contributed by atoms with E-state index in [1.165, 1.54) is 12.1 Å². The molecule has 12 heteroatoms. The predicted octanol–water partition coefficient (Wildman–Crippen LogP) is 2.60. The third-order valence-electron chi connectivity index (χ3n) is 5.24. The number of ether oxygens (including phenoxy) is 1. The standard InChI is InChI=1S/C23H21N7O4S/c1-35(32,33)29-18-7-8-19(26-21(18)15-5-4-9-24-11-15)23(31)27-20-12-30(16-13-34-14-16)28-22(20)17-6-2-3-10-25-17/h2-12,16,29H,13-14H2,1H3,(H,27,31). The van der Waals surface area contributed by atoms with Gasteiger partial charge in [0.05, 0.1) is 48.3 Å².